The summed E-state index contributed by atoms with van der Waals surface area (Å²) in [6, 6.07) is 11.5. The van der Waals surface area contributed by atoms with E-state index < -0.39 is 10.9 Å². The zero-order valence-corrected chi connectivity index (χ0v) is 14.0. The minimum Gasteiger partial charge on any atom is -0.493 e. The molecule has 0 saturated carbocycles. The van der Waals surface area contributed by atoms with E-state index in [0.717, 1.165) is 0 Å². The average molecular weight is 354 g/mol. The molecular weight excluding hydrogens is 340 g/mol. The normalized spacial score (nSPS) is 14.8. The number of hydrogen-bond acceptors (Lipinski definition) is 7. The first kappa shape index (κ1) is 17.2. The van der Waals surface area contributed by atoms with Gasteiger partial charge in [0, 0.05) is 5.56 Å². The lowest BCUT2D eigenvalue weighted by Crippen LogP contribution is -2.05. The smallest absolute Gasteiger partial charge is 0.363 e. The molecule has 8 nitrogen and oxygen atoms in total. The van der Waals surface area contributed by atoms with Gasteiger partial charge in [0.25, 0.3) is 5.69 Å². The fraction of sp³-hybridized carbons (Fsp3) is 0.111. The van der Waals surface area contributed by atoms with E-state index in [4.69, 9.17) is 14.2 Å². The minimum absolute atomic E-state index is 0.0424. The largest absolute Gasteiger partial charge is 0.493 e. The monoisotopic (exact) mass is 354 g/mol. The lowest BCUT2D eigenvalue weighted by Gasteiger charge is -2.08. The van der Waals surface area contributed by atoms with Crippen LogP contribution in [0.3, 0.4) is 0 Å². The molecule has 132 valence electrons. The van der Waals surface area contributed by atoms with E-state index in [1.54, 1.807) is 24.3 Å². The molecule has 2 aromatic carbocycles. The number of benzene rings is 2. The van der Waals surface area contributed by atoms with Crippen LogP contribution in [0, 0.1) is 10.1 Å². The van der Waals surface area contributed by atoms with Crippen LogP contribution >= 0.6 is 0 Å². The van der Waals surface area contributed by atoms with Crippen molar-refractivity contribution in [1.82, 2.24) is 0 Å². The molecule has 1 aliphatic heterocycles. The highest BCUT2D eigenvalue weighted by Crippen LogP contribution is 2.36. The Bertz CT molecular complexity index is 934. The van der Waals surface area contributed by atoms with E-state index in [2.05, 4.69) is 4.99 Å². The molecule has 3 rings (SSSR count). The maximum Gasteiger partial charge on any atom is 0.363 e. The van der Waals surface area contributed by atoms with Crippen molar-refractivity contribution in [3.63, 3.8) is 0 Å². The molecule has 8 heteroatoms. The van der Waals surface area contributed by atoms with E-state index in [1.807, 2.05) is 6.07 Å². The number of nitro groups is 1. The van der Waals surface area contributed by atoms with Gasteiger partial charge < -0.3 is 14.2 Å². The summed E-state index contributed by atoms with van der Waals surface area (Å²) in [4.78, 5) is 27.0. The minimum atomic E-state index is -0.687. The fourth-order valence-corrected chi connectivity index (χ4v) is 2.42. The Morgan fingerprint density at radius 3 is 2.38 bits per heavy atom. The SMILES string of the molecule is COc1cc(/C=C2/N=C(c3ccccc3)OC2=O)c([N+](=O)[O-])cc1OC. The van der Waals surface area contributed by atoms with Gasteiger partial charge in [-0.15, -0.1) is 0 Å². The van der Waals surface area contributed by atoms with Gasteiger partial charge in [0.2, 0.25) is 5.90 Å². The molecule has 0 radical (unpaired) electrons. The molecule has 0 aliphatic carbocycles. The zero-order chi connectivity index (χ0) is 18.7. The van der Waals surface area contributed by atoms with Gasteiger partial charge in [0.1, 0.15) is 0 Å². The van der Waals surface area contributed by atoms with Crippen LogP contribution in [0.1, 0.15) is 11.1 Å². The summed E-state index contributed by atoms with van der Waals surface area (Å²) >= 11 is 0. The Kier molecular flexibility index (Phi) is 4.66. The van der Waals surface area contributed by atoms with Crippen molar-refractivity contribution in [2.75, 3.05) is 14.2 Å². The van der Waals surface area contributed by atoms with Crippen molar-refractivity contribution in [1.29, 1.82) is 0 Å². The first-order chi connectivity index (χ1) is 12.5. The third-order valence-electron chi connectivity index (χ3n) is 3.66. The van der Waals surface area contributed by atoms with Crippen LogP contribution in [0.5, 0.6) is 11.5 Å². The molecule has 0 bridgehead atoms. The number of nitrogens with zero attached hydrogens (tertiary/aromatic N) is 2. The van der Waals surface area contributed by atoms with Crippen molar-refractivity contribution >= 4 is 23.6 Å². The number of carbonyl (C=O) groups excluding carboxylic acids is 1. The highest BCUT2D eigenvalue weighted by atomic mass is 16.6. The summed E-state index contributed by atoms with van der Waals surface area (Å²) < 4.78 is 15.4. The van der Waals surface area contributed by atoms with Crippen LogP contribution in [0.2, 0.25) is 0 Å². The predicted octanol–water partition coefficient (Wildman–Crippen LogP) is 2.96. The van der Waals surface area contributed by atoms with Crippen LogP contribution in [0.15, 0.2) is 53.2 Å². The second kappa shape index (κ2) is 7.06. The van der Waals surface area contributed by atoms with E-state index >= 15 is 0 Å². The second-order valence-electron chi connectivity index (χ2n) is 5.23. The molecular formula is C18H14N2O6. The van der Waals surface area contributed by atoms with Crippen LogP contribution in [0.4, 0.5) is 5.69 Å². The van der Waals surface area contributed by atoms with E-state index in [0.29, 0.717) is 11.3 Å². The van der Waals surface area contributed by atoms with Crippen LogP contribution in [-0.2, 0) is 9.53 Å². The molecule has 0 N–H and O–H groups in total. The number of hydrogen-bond donors (Lipinski definition) is 0. The third kappa shape index (κ3) is 3.25. The highest BCUT2D eigenvalue weighted by Gasteiger charge is 2.26. The summed E-state index contributed by atoms with van der Waals surface area (Å²) in [5.41, 5.74) is 0.495. The molecule has 0 atom stereocenters. The van der Waals surface area contributed by atoms with Crippen LogP contribution in [0.25, 0.3) is 6.08 Å². The van der Waals surface area contributed by atoms with Gasteiger partial charge in [-0.2, -0.15) is 0 Å². The van der Waals surface area contributed by atoms with E-state index in [1.165, 1.54) is 32.4 Å². The number of aliphatic imine (C=N–C) groups is 1. The van der Waals surface area contributed by atoms with Gasteiger partial charge >= 0.3 is 5.97 Å². The topological polar surface area (TPSA) is 100 Å². The maximum absolute atomic E-state index is 12.1. The Morgan fingerprint density at radius 1 is 1.12 bits per heavy atom. The number of esters is 1. The van der Waals surface area contributed by atoms with Gasteiger partial charge in [-0.3, -0.25) is 10.1 Å². The van der Waals surface area contributed by atoms with Crippen LogP contribution < -0.4 is 9.47 Å². The molecule has 0 aromatic heterocycles. The summed E-state index contributed by atoms with van der Waals surface area (Å²) in [6.07, 6.45) is 1.29. The van der Waals surface area contributed by atoms with Gasteiger partial charge in [0.15, 0.2) is 17.2 Å². The molecule has 1 heterocycles. The zero-order valence-electron chi connectivity index (χ0n) is 14.0. The Hall–Kier alpha value is -3.68. The summed E-state index contributed by atoms with van der Waals surface area (Å²) in [6.45, 7) is 0. The quantitative estimate of drug-likeness (QED) is 0.354. The Morgan fingerprint density at radius 2 is 1.77 bits per heavy atom. The van der Waals surface area contributed by atoms with Gasteiger partial charge in [-0.25, -0.2) is 9.79 Å². The number of nitro benzene ring substituents is 1. The van der Waals surface area contributed by atoms with Crippen molar-refractivity contribution in [2.45, 2.75) is 0 Å². The van der Waals surface area contributed by atoms with E-state index in [-0.39, 0.29) is 28.6 Å². The van der Waals surface area contributed by atoms with Crippen molar-refractivity contribution in [2.24, 2.45) is 4.99 Å². The number of carbonyl (C=O) groups is 1. The number of methoxy groups -OCH3 is 2. The maximum atomic E-state index is 12.1. The van der Waals surface area contributed by atoms with Crippen molar-refractivity contribution in [3.8, 4) is 11.5 Å². The third-order valence-corrected chi connectivity index (χ3v) is 3.66. The first-order valence-electron chi connectivity index (χ1n) is 7.52. The number of rotatable bonds is 5. The molecule has 0 unspecified atom stereocenters. The van der Waals surface area contributed by atoms with Crippen molar-refractivity contribution in [3.05, 3.63) is 69.4 Å². The predicted molar refractivity (Wildman–Crippen MR) is 93.2 cm³/mol. The van der Waals surface area contributed by atoms with Crippen LogP contribution in [-0.4, -0.2) is 31.0 Å². The number of ether oxygens (including phenoxy) is 3. The lowest BCUT2D eigenvalue weighted by molar-refractivity contribution is -0.385. The molecule has 0 amide bonds. The molecule has 26 heavy (non-hydrogen) atoms. The van der Waals surface area contributed by atoms with Gasteiger partial charge in [-0.05, 0) is 24.3 Å². The lowest BCUT2D eigenvalue weighted by atomic mass is 10.1. The molecule has 1 aliphatic rings. The summed E-state index contributed by atoms with van der Waals surface area (Å²) in [5.74, 6) is -0.0367. The molecule has 0 spiro atoms. The highest BCUT2D eigenvalue weighted by molar-refractivity contribution is 6.13. The van der Waals surface area contributed by atoms with Gasteiger partial charge in [0.05, 0.1) is 30.8 Å². The first-order valence-corrected chi connectivity index (χ1v) is 7.52. The average Bonchev–Trinajstić information content (AvgIpc) is 3.02. The molecule has 0 fully saturated rings. The summed E-state index contributed by atoms with van der Waals surface area (Å²) in [7, 11) is 2.79. The van der Waals surface area contributed by atoms with Crippen molar-refractivity contribution < 1.29 is 23.9 Å². The van der Waals surface area contributed by atoms with E-state index in [9.17, 15) is 14.9 Å². The number of cyclic esters (lactones) is 1. The van der Waals surface area contributed by atoms with Gasteiger partial charge in [-0.1, -0.05) is 18.2 Å². The fourth-order valence-electron chi connectivity index (χ4n) is 2.42. The summed E-state index contributed by atoms with van der Waals surface area (Å²) in [5, 5.41) is 11.4. The molecule has 2 aromatic rings. The Labute approximate surface area is 148 Å². The standard InChI is InChI=1S/C18H14N2O6/c1-24-15-9-12(14(20(22)23)10-16(15)25-2)8-13-18(21)26-17(19-13)11-6-4-3-5-7-11/h3-10H,1-2H3/b13-8+. The molecule has 0 saturated heterocycles. The second-order valence-corrected chi connectivity index (χ2v) is 5.23. The Balaban J connectivity index is 2.07.